The highest BCUT2D eigenvalue weighted by atomic mass is 16.1. The molecule has 0 bridgehead atoms. The summed E-state index contributed by atoms with van der Waals surface area (Å²) >= 11 is 0. The second kappa shape index (κ2) is 7.95. The Morgan fingerprint density at radius 3 is 3.05 bits per heavy atom. The van der Waals surface area contributed by atoms with Crippen molar-refractivity contribution >= 4 is 5.91 Å². The minimum absolute atomic E-state index is 0.162. The Bertz CT molecular complexity index is 548. The summed E-state index contributed by atoms with van der Waals surface area (Å²) in [6.45, 7) is 7.85. The Kier molecular flexibility index (Phi) is 5.97. The predicted molar refractivity (Wildman–Crippen MR) is 87.0 cm³/mol. The monoisotopic (exact) mass is 299 g/mol. The third-order valence-electron chi connectivity index (χ3n) is 4.01. The van der Waals surface area contributed by atoms with Gasteiger partial charge in [0.05, 0.1) is 11.6 Å². The van der Waals surface area contributed by atoms with Crippen LogP contribution in [0.15, 0.2) is 24.3 Å². The van der Waals surface area contributed by atoms with Gasteiger partial charge in [0.2, 0.25) is 5.91 Å². The maximum atomic E-state index is 11.7. The summed E-state index contributed by atoms with van der Waals surface area (Å²) in [5.41, 5.74) is 1.90. The molecule has 1 aromatic rings. The quantitative estimate of drug-likeness (QED) is 0.878. The van der Waals surface area contributed by atoms with Crippen LogP contribution in [0.2, 0.25) is 0 Å². The van der Waals surface area contributed by atoms with E-state index in [1.54, 1.807) is 0 Å². The van der Waals surface area contributed by atoms with Crippen LogP contribution in [-0.2, 0) is 11.3 Å². The molecule has 1 aliphatic rings. The first-order chi connectivity index (χ1) is 10.6. The molecule has 22 heavy (non-hydrogen) atoms. The molecule has 1 aliphatic heterocycles. The Hall–Kier alpha value is -1.86. The number of amides is 1. The molecule has 4 nitrogen and oxygen atoms in total. The number of nitrogens with one attached hydrogen (secondary N) is 1. The Morgan fingerprint density at radius 1 is 1.50 bits per heavy atom. The van der Waals surface area contributed by atoms with Gasteiger partial charge in [-0.3, -0.25) is 9.69 Å². The van der Waals surface area contributed by atoms with E-state index >= 15 is 0 Å². The van der Waals surface area contributed by atoms with Crippen molar-refractivity contribution in [3.05, 3.63) is 35.4 Å². The zero-order valence-electron chi connectivity index (χ0n) is 13.5. The zero-order valence-corrected chi connectivity index (χ0v) is 13.5. The lowest BCUT2D eigenvalue weighted by atomic mass is 10.1. The van der Waals surface area contributed by atoms with Gasteiger partial charge < -0.3 is 5.32 Å². The lowest BCUT2D eigenvalue weighted by molar-refractivity contribution is -0.121. The minimum Gasteiger partial charge on any atom is -0.356 e. The van der Waals surface area contributed by atoms with E-state index in [0.29, 0.717) is 23.8 Å². The van der Waals surface area contributed by atoms with E-state index in [4.69, 9.17) is 5.26 Å². The average molecular weight is 299 g/mol. The molecule has 0 unspecified atom stereocenters. The van der Waals surface area contributed by atoms with Gasteiger partial charge in [-0.25, -0.2) is 0 Å². The van der Waals surface area contributed by atoms with Crippen LogP contribution in [0.1, 0.15) is 37.8 Å². The van der Waals surface area contributed by atoms with Gasteiger partial charge >= 0.3 is 0 Å². The van der Waals surface area contributed by atoms with Crippen LogP contribution in [0.3, 0.4) is 0 Å². The summed E-state index contributed by atoms with van der Waals surface area (Å²) in [5.74, 6) is 1.11. The Morgan fingerprint density at radius 2 is 2.32 bits per heavy atom. The predicted octanol–water partition coefficient (Wildman–Crippen LogP) is 2.54. The van der Waals surface area contributed by atoms with Gasteiger partial charge in [-0.15, -0.1) is 0 Å². The third kappa shape index (κ3) is 5.16. The minimum atomic E-state index is 0.162. The highest BCUT2D eigenvalue weighted by Gasteiger charge is 2.22. The maximum Gasteiger partial charge on any atom is 0.220 e. The number of benzene rings is 1. The van der Waals surface area contributed by atoms with Crippen molar-refractivity contribution in [2.45, 2.75) is 33.2 Å². The summed E-state index contributed by atoms with van der Waals surface area (Å²) in [7, 11) is 0. The number of carbonyl (C=O) groups excluding carboxylic acids is 1. The van der Waals surface area contributed by atoms with Gasteiger partial charge in [-0.1, -0.05) is 26.0 Å². The number of rotatable bonds is 6. The lowest BCUT2D eigenvalue weighted by Gasteiger charge is -2.16. The van der Waals surface area contributed by atoms with Crippen molar-refractivity contribution in [2.24, 2.45) is 11.8 Å². The largest absolute Gasteiger partial charge is 0.356 e. The van der Waals surface area contributed by atoms with E-state index < -0.39 is 0 Å². The Balaban J connectivity index is 1.75. The molecule has 0 saturated carbocycles. The standard InChI is InChI=1S/C18H25N3O/c1-14(2)8-18(22)20-11-17-6-7-21(13-17)12-16-5-3-4-15(9-16)10-19/h3-5,9,14,17H,6-8,11-13H2,1-2H3,(H,20,22)/t17-/m0/s1. The molecule has 118 valence electrons. The van der Waals surface area contributed by atoms with Gasteiger partial charge in [-0.2, -0.15) is 5.26 Å². The van der Waals surface area contributed by atoms with Gasteiger partial charge in [0.25, 0.3) is 0 Å². The maximum absolute atomic E-state index is 11.7. The van der Waals surface area contributed by atoms with Crippen LogP contribution in [0.4, 0.5) is 0 Å². The van der Waals surface area contributed by atoms with Gasteiger partial charge in [0.1, 0.15) is 0 Å². The number of carbonyl (C=O) groups is 1. The molecular weight excluding hydrogens is 274 g/mol. The fourth-order valence-electron chi connectivity index (χ4n) is 2.92. The van der Waals surface area contributed by atoms with E-state index in [2.05, 4.69) is 36.2 Å². The summed E-state index contributed by atoms with van der Waals surface area (Å²) in [6, 6.07) is 9.98. The van der Waals surface area contributed by atoms with Crippen molar-refractivity contribution in [2.75, 3.05) is 19.6 Å². The first-order valence-electron chi connectivity index (χ1n) is 8.05. The molecule has 1 heterocycles. The second-order valence-corrected chi connectivity index (χ2v) is 6.60. The van der Waals surface area contributed by atoms with Crippen molar-refractivity contribution in [1.29, 1.82) is 5.26 Å². The number of nitriles is 1. The fraction of sp³-hybridized carbons (Fsp3) is 0.556. The second-order valence-electron chi connectivity index (χ2n) is 6.60. The summed E-state index contributed by atoms with van der Waals surface area (Å²) < 4.78 is 0. The van der Waals surface area contributed by atoms with Gasteiger partial charge in [0, 0.05) is 26.1 Å². The first-order valence-corrected chi connectivity index (χ1v) is 8.05. The molecule has 1 amide bonds. The summed E-state index contributed by atoms with van der Waals surface area (Å²) in [4.78, 5) is 14.1. The first kappa shape index (κ1) is 16.5. The molecule has 0 spiro atoms. The van der Waals surface area contributed by atoms with E-state index in [1.807, 2.05) is 18.2 Å². The van der Waals surface area contributed by atoms with Crippen LogP contribution in [0.5, 0.6) is 0 Å². The molecule has 1 N–H and O–H groups in total. The van der Waals surface area contributed by atoms with Gasteiger partial charge in [0.15, 0.2) is 0 Å². The van der Waals surface area contributed by atoms with E-state index in [9.17, 15) is 4.79 Å². The van der Waals surface area contributed by atoms with Crippen molar-refractivity contribution in [1.82, 2.24) is 10.2 Å². The molecule has 0 aromatic heterocycles. The SMILES string of the molecule is CC(C)CC(=O)NC[C@@H]1CCN(Cc2cccc(C#N)c2)C1. The molecule has 1 aromatic carbocycles. The number of nitrogens with zero attached hydrogens (tertiary/aromatic N) is 2. The topological polar surface area (TPSA) is 56.1 Å². The van der Waals surface area contributed by atoms with E-state index in [0.717, 1.165) is 32.6 Å². The van der Waals surface area contributed by atoms with E-state index in [1.165, 1.54) is 5.56 Å². The number of hydrogen-bond acceptors (Lipinski definition) is 3. The molecule has 2 rings (SSSR count). The smallest absolute Gasteiger partial charge is 0.220 e. The normalized spacial score (nSPS) is 18.4. The zero-order chi connectivity index (χ0) is 15.9. The van der Waals surface area contributed by atoms with Crippen LogP contribution < -0.4 is 5.32 Å². The fourth-order valence-corrected chi connectivity index (χ4v) is 2.92. The van der Waals surface area contributed by atoms with Crippen molar-refractivity contribution in [3.8, 4) is 6.07 Å². The Labute approximate surface area is 133 Å². The van der Waals surface area contributed by atoms with Crippen LogP contribution in [0, 0.1) is 23.2 Å². The molecule has 0 aliphatic carbocycles. The van der Waals surface area contributed by atoms with Crippen LogP contribution in [0.25, 0.3) is 0 Å². The third-order valence-corrected chi connectivity index (χ3v) is 4.01. The average Bonchev–Trinajstić information content (AvgIpc) is 2.92. The van der Waals surface area contributed by atoms with Crippen molar-refractivity contribution < 1.29 is 4.79 Å². The summed E-state index contributed by atoms with van der Waals surface area (Å²) in [6.07, 6.45) is 1.73. The molecule has 4 heteroatoms. The highest BCUT2D eigenvalue weighted by Crippen LogP contribution is 2.18. The molecule has 1 atom stereocenters. The van der Waals surface area contributed by atoms with Crippen LogP contribution in [-0.4, -0.2) is 30.4 Å². The molecular formula is C18H25N3O. The van der Waals surface area contributed by atoms with E-state index in [-0.39, 0.29) is 5.91 Å². The molecule has 1 saturated heterocycles. The van der Waals surface area contributed by atoms with Gasteiger partial charge in [-0.05, 0) is 42.5 Å². The van der Waals surface area contributed by atoms with Crippen molar-refractivity contribution in [3.63, 3.8) is 0 Å². The number of hydrogen-bond donors (Lipinski definition) is 1. The number of likely N-dealkylation sites (tertiary alicyclic amines) is 1. The lowest BCUT2D eigenvalue weighted by Crippen LogP contribution is -2.31. The summed E-state index contributed by atoms with van der Waals surface area (Å²) in [5, 5.41) is 12.0. The van der Waals surface area contributed by atoms with Crippen LogP contribution >= 0.6 is 0 Å². The molecule has 0 radical (unpaired) electrons. The molecule has 1 fully saturated rings. The highest BCUT2D eigenvalue weighted by molar-refractivity contribution is 5.76.